The van der Waals surface area contributed by atoms with Crippen LogP contribution in [0.1, 0.15) is 38.5 Å². The smallest absolute Gasteiger partial charge is 0.165 e. The van der Waals surface area contributed by atoms with E-state index in [9.17, 15) is 0 Å². The Kier molecular flexibility index (Phi) is 5.27. The molecule has 0 saturated heterocycles. The summed E-state index contributed by atoms with van der Waals surface area (Å²) in [5.41, 5.74) is 9.66. The molecule has 7 nitrogen and oxygen atoms in total. The number of benzene rings is 1. The fourth-order valence-corrected chi connectivity index (χ4v) is 3.52. The SMILES string of the molecule is Nc1ncnc2c1ncn2CCCCCCCCn1cnc2ccccc21. The average molecular weight is 363 g/mol. The molecule has 3 aromatic heterocycles. The van der Waals surface area contributed by atoms with E-state index in [0.29, 0.717) is 11.3 Å². The lowest BCUT2D eigenvalue weighted by Crippen LogP contribution is -1.99. The summed E-state index contributed by atoms with van der Waals surface area (Å²) >= 11 is 0. The summed E-state index contributed by atoms with van der Waals surface area (Å²) in [7, 11) is 0. The molecular formula is C20H25N7. The Labute approximate surface area is 158 Å². The number of unbranched alkanes of at least 4 members (excludes halogenated alkanes) is 5. The van der Waals surface area contributed by atoms with Crippen LogP contribution in [0.3, 0.4) is 0 Å². The van der Waals surface area contributed by atoms with Crippen molar-refractivity contribution in [3.8, 4) is 0 Å². The largest absolute Gasteiger partial charge is 0.382 e. The van der Waals surface area contributed by atoms with Crippen LogP contribution in [0.4, 0.5) is 5.82 Å². The molecule has 3 heterocycles. The highest BCUT2D eigenvalue weighted by Gasteiger charge is 2.07. The molecule has 0 aliphatic heterocycles. The number of hydrogen-bond donors (Lipinski definition) is 1. The van der Waals surface area contributed by atoms with Crippen LogP contribution in [-0.4, -0.2) is 29.1 Å². The second-order valence-electron chi connectivity index (χ2n) is 6.92. The number of nitrogens with zero attached hydrogens (tertiary/aromatic N) is 6. The van der Waals surface area contributed by atoms with Crippen molar-refractivity contribution >= 4 is 28.0 Å². The molecule has 140 valence electrons. The van der Waals surface area contributed by atoms with E-state index in [4.69, 9.17) is 5.73 Å². The lowest BCUT2D eigenvalue weighted by Gasteiger charge is -2.06. The van der Waals surface area contributed by atoms with Gasteiger partial charge in [-0.1, -0.05) is 37.8 Å². The quantitative estimate of drug-likeness (QED) is 0.457. The Morgan fingerprint density at radius 1 is 0.741 bits per heavy atom. The summed E-state index contributed by atoms with van der Waals surface area (Å²) in [4.78, 5) is 17.0. The van der Waals surface area contributed by atoms with Crippen LogP contribution in [0.15, 0.2) is 43.2 Å². The van der Waals surface area contributed by atoms with Gasteiger partial charge in [0.05, 0.1) is 23.7 Å². The van der Waals surface area contributed by atoms with Crippen molar-refractivity contribution in [3.05, 3.63) is 43.2 Å². The number of para-hydroxylation sites is 2. The molecule has 0 amide bonds. The molecular weight excluding hydrogens is 338 g/mol. The molecule has 0 unspecified atom stereocenters. The van der Waals surface area contributed by atoms with Crippen LogP contribution in [-0.2, 0) is 13.1 Å². The van der Waals surface area contributed by atoms with Crippen molar-refractivity contribution in [2.24, 2.45) is 0 Å². The van der Waals surface area contributed by atoms with E-state index in [2.05, 4.69) is 47.3 Å². The maximum Gasteiger partial charge on any atom is 0.165 e. The molecule has 1 aromatic carbocycles. The lowest BCUT2D eigenvalue weighted by atomic mass is 10.1. The summed E-state index contributed by atoms with van der Waals surface area (Å²) in [5.74, 6) is 0.449. The molecule has 27 heavy (non-hydrogen) atoms. The Hall–Kier alpha value is -2.96. The maximum atomic E-state index is 5.83. The zero-order valence-corrected chi connectivity index (χ0v) is 15.5. The summed E-state index contributed by atoms with van der Waals surface area (Å²) in [6, 6.07) is 8.31. The van der Waals surface area contributed by atoms with Crippen molar-refractivity contribution < 1.29 is 0 Å². The number of nitrogen functional groups attached to an aromatic ring is 1. The second-order valence-corrected chi connectivity index (χ2v) is 6.92. The van der Waals surface area contributed by atoms with E-state index in [1.807, 2.05) is 18.7 Å². The second kappa shape index (κ2) is 8.16. The highest BCUT2D eigenvalue weighted by atomic mass is 15.1. The molecule has 0 aliphatic carbocycles. The highest BCUT2D eigenvalue weighted by Crippen LogP contribution is 2.16. The van der Waals surface area contributed by atoms with Gasteiger partial charge in [0.15, 0.2) is 11.5 Å². The molecule has 4 rings (SSSR count). The topological polar surface area (TPSA) is 87.4 Å². The Morgan fingerprint density at radius 2 is 1.44 bits per heavy atom. The van der Waals surface area contributed by atoms with Gasteiger partial charge < -0.3 is 14.9 Å². The van der Waals surface area contributed by atoms with Gasteiger partial charge in [-0.15, -0.1) is 0 Å². The van der Waals surface area contributed by atoms with Gasteiger partial charge in [0.1, 0.15) is 11.8 Å². The van der Waals surface area contributed by atoms with Gasteiger partial charge in [-0.2, -0.15) is 0 Å². The van der Waals surface area contributed by atoms with E-state index in [1.54, 1.807) is 0 Å². The van der Waals surface area contributed by atoms with Gasteiger partial charge in [0, 0.05) is 13.1 Å². The molecule has 0 radical (unpaired) electrons. The number of fused-ring (bicyclic) bond motifs is 2. The minimum Gasteiger partial charge on any atom is -0.382 e. The normalized spacial score (nSPS) is 11.6. The standard InChI is InChI=1S/C20H25N7/c21-19-18-20(23-13-22-19)27(15-25-18)12-8-4-2-1-3-7-11-26-14-24-16-9-5-6-10-17(16)26/h5-6,9-10,13-15H,1-4,7-8,11-12H2,(H2,21,22,23). The number of anilines is 1. The van der Waals surface area contributed by atoms with E-state index in [0.717, 1.165) is 30.7 Å². The number of aryl methyl sites for hydroxylation is 2. The molecule has 0 bridgehead atoms. The molecule has 2 N–H and O–H groups in total. The average Bonchev–Trinajstić information content (AvgIpc) is 3.29. The van der Waals surface area contributed by atoms with Crippen molar-refractivity contribution in [2.45, 2.75) is 51.6 Å². The minimum absolute atomic E-state index is 0.449. The van der Waals surface area contributed by atoms with Crippen LogP contribution in [0, 0.1) is 0 Å². The van der Waals surface area contributed by atoms with Gasteiger partial charge in [0.25, 0.3) is 0 Å². The fourth-order valence-electron chi connectivity index (χ4n) is 3.52. The van der Waals surface area contributed by atoms with Crippen molar-refractivity contribution in [1.29, 1.82) is 0 Å². The Bertz CT molecular complexity index is 1020. The molecule has 0 aliphatic rings. The lowest BCUT2D eigenvalue weighted by molar-refractivity contribution is 0.537. The first-order valence-corrected chi connectivity index (χ1v) is 9.64. The van der Waals surface area contributed by atoms with E-state index >= 15 is 0 Å². The molecule has 0 fully saturated rings. The van der Waals surface area contributed by atoms with Crippen LogP contribution in [0.25, 0.3) is 22.2 Å². The van der Waals surface area contributed by atoms with E-state index < -0.39 is 0 Å². The van der Waals surface area contributed by atoms with Crippen molar-refractivity contribution in [3.63, 3.8) is 0 Å². The van der Waals surface area contributed by atoms with Crippen LogP contribution in [0.5, 0.6) is 0 Å². The predicted molar refractivity (Wildman–Crippen MR) is 107 cm³/mol. The Morgan fingerprint density at radius 3 is 2.30 bits per heavy atom. The summed E-state index contributed by atoms with van der Waals surface area (Å²) in [6.45, 7) is 1.97. The van der Waals surface area contributed by atoms with Crippen LogP contribution < -0.4 is 5.73 Å². The van der Waals surface area contributed by atoms with E-state index in [-0.39, 0.29) is 0 Å². The van der Waals surface area contributed by atoms with Crippen LogP contribution in [0.2, 0.25) is 0 Å². The molecule has 0 atom stereocenters. The summed E-state index contributed by atoms with van der Waals surface area (Å²) < 4.78 is 4.32. The van der Waals surface area contributed by atoms with Gasteiger partial charge >= 0.3 is 0 Å². The first-order chi connectivity index (χ1) is 13.3. The number of hydrogen-bond acceptors (Lipinski definition) is 5. The number of imidazole rings is 2. The summed E-state index contributed by atoms with van der Waals surface area (Å²) in [5, 5.41) is 0. The van der Waals surface area contributed by atoms with Gasteiger partial charge in [-0.05, 0) is 25.0 Å². The first kappa shape index (κ1) is 17.5. The monoisotopic (exact) mass is 363 g/mol. The third kappa shape index (κ3) is 3.92. The van der Waals surface area contributed by atoms with Gasteiger partial charge in [-0.3, -0.25) is 0 Å². The number of nitrogens with two attached hydrogens (primary N) is 1. The highest BCUT2D eigenvalue weighted by molar-refractivity contribution is 5.81. The van der Waals surface area contributed by atoms with Crippen LogP contribution >= 0.6 is 0 Å². The number of rotatable bonds is 9. The minimum atomic E-state index is 0.449. The van der Waals surface area contributed by atoms with E-state index in [1.165, 1.54) is 43.9 Å². The summed E-state index contributed by atoms with van der Waals surface area (Å²) in [6.07, 6.45) is 12.6. The zero-order chi connectivity index (χ0) is 18.5. The first-order valence-electron chi connectivity index (χ1n) is 9.64. The maximum absolute atomic E-state index is 5.83. The Balaban J connectivity index is 1.14. The molecule has 0 spiro atoms. The predicted octanol–water partition coefficient (Wildman–Crippen LogP) is 3.80. The van der Waals surface area contributed by atoms with Gasteiger partial charge in [-0.25, -0.2) is 19.9 Å². The molecule has 4 aromatic rings. The molecule has 0 saturated carbocycles. The van der Waals surface area contributed by atoms with Crippen molar-refractivity contribution in [2.75, 3.05) is 5.73 Å². The third-order valence-electron chi connectivity index (χ3n) is 5.00. The molecule has 7 heteroatoms. The van der Waals surface area contributed by atoms with Crippen molar-refractivity contribution in [1.82, 2.24) is 29.1 Å². The van der Waals surface area contributed by atoms with Gasteiger partial charge in [0.2, 0.25) is 0 Å². The zero-order valence-electron chi connectivity index (χ0n) is 15.5. The third-order valence-corrected chi connectivity index (χ3v) is 5.00. The number of aromatic nitrogens is 6. The fraction of sp³-hybridized carbons (Fsp3) is 0.400.